The maximum Gasteiger partial charge on any atom is 0.264 e. The number of rotatable bonds is 11. The van der Waals surface area contributed by atoms with Crippen LogP contribution in [0.15, 0.2) is 70.7 Å². The number of carbonyl (C=O) groups is 1. The molecule has 3 rings (SSSR count). The Kier molecular flexibility index (Phi) is 8.96. The summed E-state index contributed by atoms with van der Waals surface area (Å²) in [7, 11) is 1.73. The Morgan fingerprint density at radius 2 is 1.46 bits per heavy atom. The second-order valence-corrected chi connectivity index (χ2v) is 9.63. The predicted molar refractivity (Wildman–Crippen MR) is 141 cm³/mol. The molecule has 0 aliphatic rings. The third-order valence-corrected chi connectivity index (χ3v) is 7.15. The summed E-state index contributed by atoms with van der Waals surface area (Å²) in [5.74, 6) is 1.05. The molecule has 0 fully saturated rings. The fraction of sp³-hybridized carbons (Fsp3) is 0.231. The molecule has 0 aromatic heterocycles. The van der Waals surface area contributed by atoms with Crippen LogP contribution in [0.2, 0.25) is 0 Å². The summed E-state index contributed by atoms with van der Waals surface area (Å²) in [4.78, 5) is 12.9. The summed E-state index contributed by atoms with van der Waals surface area (Å²) in [6, 6.07) is 16.1. The van der Waals surface area contributed by atoms with Crippen molar-refractivity contribution in [1.82, 2.24) is 5.43 Å². The van der Waals surface area contributed by atoms with Gasteiger partial charge >= 0.3 is 0 Å². The van der Waals surface area contributed by atoms with E-state index in [0.717, 1.165) is 9.87 Å². The summed E-state index contributed by atoms with van der Waals surface area (Å²) in [6.07, 6.45) is 1.38. The molecular weight excluding hydrogens is 498 g/mol. The van der Waals surface area contributed by atoms with Crippen LogP contribution in [0.25, 0.3) is 0 Å². The average molecular weight is 528 g/mol. The lowest BCUT2D eigenvalue weighted by Gasteiger charge is -2.25. The molecule has 0 unspecified atom stereocenters. The van der Waals surface area contributed by atoms with E-state index in [9.17, 15) is 13.2 Å². The first-order valence-electron chi connectivity index (χ1n) is 11.1. The van der Waals surface area contributed by atoms with Gasteiger partial charge in [0.2, 0.25) is 0 Å². The van der Waals surface area contributed by atoms with Gasteiger partial charge in [-0.05, 0) is 49.4 Å². The zero-order valence-electron chi connectivity index (χ0n) is 21.2. The minimum Gasteiger partial charge on any atom is -0.497 e. The first-order valence-corrected chi connectivity index (χ1v) is 12.5. The molecule has 0 radical (unpaired) electrons. The van der Waals surface area contributed by atoms with Crippen LogP contribution in [-0.4, -0.2) is 55.5 Å². The van der Waals surface area contributed by atoms with E-state index < -0.39 is 22.5 Å². The number of carbonyl (C=O) groups excluding carboxylic acids is 1. The van der Waals surface area contributed by atoms with Crippen molar-refractivity contribution in [1.29, 1.82) is 0 Å². The minimum absolute atomic E-state index is 0.0143. The van der Waals surface area contributed by atoms with E-state index in [2.05, 4.69) is 10.5 Å². The van der Waals surface area contributed by atoms with Gasteiger partial charge in [-0.2, -0.15) is 5.10 Å². The monoisotopic (exact) mass is 527 g/mol. The summed E-state index contributed by atoms with van der Waals surface area (Å²) >= 11 is 0. The van der Waals surface area contributed by atoms with E-state index in [1.807, 2.05) is 6.92 Å². The number of anilines is 1. The number of sulfonamides is 1. The SMILES string of the molecule is COc1ccc(OC)c(/C=N\NC(=O)CN(c2cc(OC)ccc2OC)S(=O)(=O)c2ccc(C)cc2)c1. The van der Waals surface area contributed by atoms with Gasteiger partial charge in [0.15, 0.2) is 0 Å². The van der Waals surface area contributed by atoms with Gasteiger partial charge in [-0.25, -0.2) is 13.8 Å². The smallest absolute Gasteiger partial charge is 0.264 e. The van der Waals surface area contributed by atoms with Crippen LogP contribution in [0.1, 0.15) is 11.1 Å². The Labute approximate surface area is 216 Å². The molecule has 0 aliphatic heterocycles. The van der Waals surface area contributed by atoms with Crippen LogP contribution in [-0.2, 0) is 14.8 Å². The van der Waals surface area contributed by atoms with Crippen molar-refractivity contribution in [3.63, 3.8) is 0 Å². The molecule has 10 nitrogen and oxygen atoms in total. The van der Waals surface area contributed by atoms with E-state index in [4.69, 9.17) is 18.9 Å². The molecule has 1 amide bonds. The first kappa shape index (κ1) is 27.3. The Balaban J connectivity index is 1.95. The average Bonchev–Trinajstić information content (AvgIpc) is 2.91. The normalized spacial score (nSPS) is 11.2. The summed E-state index contributed by atoms with van der Waals surface area (Å²) in [6.45, 7) is 1.27. The Hall–Kier alpha value is -4.25. The largest absolute Gasteiger partial charge is 0.497 e. The molecule has 11 heteroatoms. The number of benzene rings is 3. The molecular formula is C26H29N3O7S. The number of ether oxygens (including phenoxy) is 4. The van der Waals surface area contributed by atoms with Crippen LogP contribution in [0.3, 0.4) is 0 Å². The van der Waals surface area contributed by atoms with Crippen molar-refractivity contribution in [2.45, 2.75) is 11.8 Å². The van der Waals surface area contributed by atoms with Gasteiger partial charge < -0.3 is 18.9 Å². The lowest BCUT2D eigenvalue weighted by molar-refractivity contribution is -0.119. The van der Waals surface area contributed by atoms with Gasteiger partial charge in [-0.1, -0.05) is 17.7 Å². The topological polar surface area (TPSA) is 116 Å². The van der Waals surface area contributed by atoms with Crippen molar-refractivity contribution in [3.05, 3.63) is 71.8 Å². The molecule has 0 spiro atoms. The maximum absolute atomic E-state index is 13.7. The summed E-state index contributed by atoms with van der Waals surface area (Å²) in [5, 5.41) is 3.98. The molecule has 1 N–H and O–H groups in total. The zero-order chi connectivity index (χ0) is 27.0. The highest BCUT2D eigenvalue weighted by molar-refractivity contribution is 7.92. The van der Waals surface area contributed by atoms with Crippen LogP contribution in [0, 0.1) is 6.92 Å². The molecule has 0 saturated carbocycles. The van der Waals surface area contributed by atoms with Gasteiger partial charge in [0.05, 0.1) is 45.2 Å². The zero-order valence-corrected chi connectivity index (χ0v) is 22.0. The van der Waals surface area contributed by atoms with Gasteiger partial charge in [0, 0.05) is 11.6 Å². The maximum atomic E-state index is 13.7. The fourth-order valence-electron chi connectivity index (χ4n) is 3.41. The van der Waals surface area contributed by atoms with Crippen molar-refractivity contribution >= 4 is 27.8 Å². The third kappa shape index (κ3) is 6.50. The Bertz CT molecular complexity index is 1370. The molecule has 0 heterocycles. The fourth-order valence-corrected chi connectivity index (χ4v) is 4.83. The molecule has 0 atom stereocenters. The second kappa shape index (κ2) is 12.1. The number of aryl methyl sites for hydroxylation is 1. The van der Waals surface area contributed by atoms with Crippen LogP contribution in [0.5, 0.6) is 23.0 Å². The molecule has 0 bridgehead atoms. The number of hydrogen-bond donors (Lipinski definition) is 1. The number of nitrogens with one attached hydrogen (secondary N) is 1. The third-order valence-electron chi connectivity index (χ3n) is 5.38. The Morgan fingerprint density at radius 1 is 0.865 bits per heavy atom. The minimum atomic E-state index is -4.17. The standard InChI is InChI=1S/C26H29N3O7S/c1-18-6-10-22(11-7-18)37(31,32)29(23-15-21(34-3)9-13-25(23)36-5)17-26(30)28-27-16-19-14-20(33-2)8-12-24(19)35-4/h6-16H,17H2,1-5H3,(H,28,30)/b27-16-. The van der Waals surface area contributed by atoms with Crippen molar-refractivity contribution in [3.8, 4) is 23.0 Å². The molecule has 37 heavy (non-hydrogen) atoms. The van der Waals surface area contributed by atoms with Crippen LogP contribution >= 0.6 is 0 Å². The number of hydrazone groups is 1. The molecule has 0 saturated heterocycles. The molecule has 196 valence electrons. The highest BCUT2D eigenvalue weighted by Crippen LogP contribution is 2.35. The van der Waals surface area contributed by atoms with E-state index in [1.165, 1.54) is 52.9 Å². The van der Waals surface area contributed by atoms with Crippen molar-refractivity contribution < 1.29 is 32.2 Å². The van der Waals surface area contributed by atoms with Crippen molar-refractivity contribution in [2.75, 3.05) is 39.3 Å². The molecule has 3 aromatic carbocycles. The summed E-state index contributed by atoms with van der Waals surface area (Å²) in [5.41, 5.74) is 3.96. The first-order chi connectivity index (χ1) is 17.7. The second-order valence-electron chi connectivity index (χ2n) is 7.76. The van der Waals surface area contributed by atoms with E-state index in [0.29, 0.717) is 22.8 Å². The van der Waals surface area contributed by atoms with Gasteiger partial charge in [-0.15, -0.1) is 0 Å². The van der Waals surface area contributed by atoms with Gasteiger partial charge in [0.25, 0.3) is 15.9 Å². The number of amides is 1. The van der Waals surface area contributed by atoms with E-state index >= 15 is 0 Å². The number of methoxy groups -OCH3 is 4. The van der Waals surface area contributed by atoms with Crippen molar-refractivity contribution in [2.24, 2.45) is 5.10 Å². The summed E-state index contributed by atoms with van der Waals surface area (Å²) < 4.78 is 49.5. The number of nitrogens with zero attached hydrogens (tertiary/aromatic N) is 2. The predicted octanol–water partition coefficient (Wildman–Crippen LogP) is 3.38. The van der Waals surface area contributed by atoms with E-state index in [1.54, 1.807) is 42.5 Å². The Morgan fingerprint density at radius 3 is 2.05 bits per heavy atom. The van der Waals surface area contributed by atoms with Crippen LogP contribution in [0.4, 0.5) is 5.69 Å². The van der Waals surface area contributed by atoms with Gasteiger partial charge in [-0.3, -0.25) is 9.10 Å². The van der Waals surface area contributed by atoms with Crippen LogP contribution < -0.4 is 28.7 Å². The number of hydrogen-bond acceptors (Lipinski definition) is 8. The highest BCUT2D eigenvalue weighted by atomic mass is 32.2. The lowest BCUT2D eigenvalue weighted by atomic mass is 10.2. The molecule has 0 aliphatic carbocycles. The van der Waals surface area contributed by atoms with Gasteiger partial charge in [0.1, 0.15) is 29.5 Å². The van der Waals surface area contributed by atoms with E-state index in [-0.39, 0.29) is 16.3 Å². The molecule has 3 aromatic rings. The lowest BCUT2D eigenvalue weighted by Crippen LogP contribution is -2.39. The highest BCUT2D eigenvalue weighted by Gasteiger charge is 2.30. The quantitative estimate of drug-likeness (QED) is 0.300.